The predicted octanol–water partition coefficient (Wildman–Crippen LogP) is 3.75. The number of benzene rings is 1. The van der Waals surface area contributed by atoms with Crippen LogP contribution in [0.5, 0.6) is 5.75 Å². The van der Waals surface area contributed by atoms with Gasteiger partial charge < -0.3 is 10.0 Å². The van der Waals surface area contributed by atoms with Gasteiger partial charge in [-0.2, -0.15) is 0 Å². The minimum Gasteiger partial charge on any atom is -0.508 e. The maximum atomic E-state index is 12.4. The maximum absolute atomic E-state index is 12.4. The van der Waals surface area contributed by atoms with Crippen molar-refractivity contribution in [3.63, 3.8) is 0 Å². The van der Waals surface area contributed by atoms with Gasteiger partial charge in [-0.05, 0) is 55.2 Å². The Morgan fingerprint density at radius 2 is 1.77 bits per heavy atom. The molecule has 2 aliphatic rings. The van der Waals surface area contributed by atoms with Crippen LogP contribution in [0.25, 0.3) is 0 Å². The Kier molecular flexibility index (Phi) is 5.01. The fraction of sp³-hybridized carbons (Fsp3) is 0.632. The first-order valence-corrected chi connectivity index (χ1v) is 8.76. The van der Waals surface area contributed by atoms with Crippen molar-refractivity contribution < 1.29 is 9.90 Å². The summed E-state index contributed by atoms with van der Waals surface area (Å²) in [5.41, 5.74) is 1.25. The Balaban J connectivity index is 1.46. The molecule has 1 unspecified atom stereocenters. The highest BCUT2D eigenvalue weighted by molar-refractivity contribution is 5.76. The molecule has 1 heterocycles. The number of likely N-dealkylation sites (tertiary alicyclic amines) is 1. The van der Waals surface area contributed by atoms with Crippen molar-refractivity contribution in [2.24, 2.45) is 11.8 Å². The zero-order valence-corrected chi connectivity index (χ0v) is 13.3. The van der Waals surface area contributed by atoms with Gasteiger partial charge in [-0.15, -0.1) is 0 Å². The van der Waals surface area contributed by atoms with Crippen LogP contribution in [0, 0.1) is 11.8 Å². The summed E-state index contributed by atoms with van der Waals surface area (Å²) in [5.74, 6) is 1.90. The van der Waals surface area contributed by atoms with Crippen molar-refractivity contribution >= 4 is 5.91 Å². The van der Waals surface area contributed by atoms with Gasteiger partial charge in [0.15, 0.2) is 0 Å². The number of aromatic hydroxyl groups is 1. The van der Waals surface area contributed by atoms with Gasteiger partial charge in [0.05, 0.1) is 0 Å². The first-order valence-electron chi connectivity index (χ1n) is 8.76. The van der Waals surface area contributed by atoms with Gasteiger partial charge in [-0.3, -0.25) is 4.79 Å². The molecule has 3 nitrogen and oxygen atoms in total. The third-order valence-corrected chi connectivity index (χ3v) is 5.29. The number of phenols is 1. The van der Waals surface area contributed by atoms with E-state index in [0.29, 0.717) is 23.5 Å². The maximum Gasteiger partial charge on any atom is 0.222 e. The normalized spacial score (nSPS) is 22.9. The number of hydrogen-bond acceptors (Lipinski definition) is 2. The molecule has 0 radical (unpaired) electrons. The standard InChI is InChI=1S/C19H27NO2/c21-18-8-6-16(7-9-18)12-17-10-11-20(14-17)19(22)13-15-4-2-1-3-5-15/h6-9,15,17,21H,1-5,10-14H2. The number of carbonyl (C=O) groups excluding carboxylic acids is 1. The minimum atomic E-state index is 0.319. The fourth-order valence-corrected chi connectivity index (χ4v) is 3.96. The molecule has 120 valence electrons. The summed E-state index contributed by atoms with van der Waals surface area (Å²) in [6.07, 6.45) is 9.34. The van der Waals surface area contributed by atoms with Crippen LogP contribution in [0.15, 0.2) is 24.3 Å². The second-order valence-electron chi connectivity index (χ2n) is 7.07. The highest BCUT2D eigenvalue weighted by atomic mass is 16.3. The van der Waals surface area contributed by atoms with E-state index in [1.54, 1.807) is 12.1 Å². The van der Waals surface area contributed by atoms with E-state index >= 15 is 0 Å². The SMILES string of the molecule is O=C(CC1CCCCC1)N1CCC(Cc2ccc(O)cc2)C1. The molecule has 1 aliphatic heterocycles. The van der Waals surface area contributed by atoms with Gasteiger partial charge in [0, 0.05) is 19.5 Å². The zero-order valence-electron chi connectivity index (χ0n) is 13.3. The van der Waals surface area contributed by atoms with Crippen molar-refractivity contribution in [1.82, 2.24) is 4.90 Å². The van der Waals surface area contributed by atoms with E-state index in [-0.39, 0.29) is 0 Å². The average molecular weight is 301 g/mol. The van der Waals surface area contributed by atoms with Crippen molar-refractivity contribution in [3.8, 4) is 5.75 Å². The topological polar surface area (TPSA) is 40.5 Å². The van der Waals surface area contributed by atoms with E-state index in [4.69, 9.17) is 0 Å². The molecule has 0 bridgehead atoms. The molecule has 1 amide bonds. The van der Waals surface area contributed by atoms with Crippen LogP contribution in [-0.4, -0.2) is 29.0 Å². The molecule has 1 atom stereocenters. The van der Waals surface area contributed by atoms with E-state index in [2.05, 4.69) is 4.90 Å². The van der Waals surface area contributed by atoms with Crippen molar-refractivity contribution in [1.29, 1.82) is 0 Å². The van der Waals surface area contributed by atoms with Crippen LogP contribution in [0.3, 0.4) is 0 Å². The summed E-state index contributed by atoms with van der Waals surface area (Å²) in [5, 5.41) is 9.34. The largest absolute Gasteiger partial charge is 0.508 e. The van der Waals surface area contributed by atoms with Gasteiger partial charge in [0.2, 0.25) is 5.91 Å². The van der Waals surface area contributed by atoms with Gasteiger partial charge in [-0.1, -0.05) is 31.4 Å². The Labute approximate surface area is 133 Å². The van der Waals surface area contributed by atoms with Crippen LogP contribution in [0.4, 0.5) is 0 Å². The van der Waals surface area contributed by atoms with E-state index < -0.39 is 0 Å². The molecule has 0 aromatic heterocycles. The fourth-order valence-electron chi connectivity index (χ4n) is 3.96. The average Bonchev–Trinajstić information content (AvgIpc) is 2.99. The van der Waals surface area contributed by atoms with Crippen LogP contribution in [0.1, 0.15) is 50.5 Å². The third-order valence-electron chi connectivity index (χ3n) is 5.29. The number of phenolic OH excluding ortho intramolecular Hbond substituents is 1. The predicted molar refractivity (Wildman–Crippen MR) is 87.7 cm³/mol. The first kappa shape index (κ1) is 15.4. The Bertz CT molecular complexity index is 491. The van der Waals surface area contributed by atoms with Crippen molar-refractivity contribution in [3.05, 3.63) is 29.8 Å². The summed E-state index contributed by atoms with van der Waals surface area (Å²) in [7, 11) is 0. The van der Waals surface area contributed by atoms with Gasteiger partial charge >= 0.3 is 0 Å². The molecule has 1 aliphatic carbocycles. The van der Waals surface area contributed by atoms with E-state index in [9.17, 15) is 9.90 Å². The van der Waals surface area contributed by atoms with E-state index in [1.165, 1.54) is 37.7 Å². The molecule has 0 spiro atoms. The molecule has 1 N–H and O–H groups in total. The molecule has 3 heteroatoms. The molecule has 1 saturated carbocycles. The van der Waals surface area contributed by atoms with Crippen LogP contribution >= 0.6 is 0 Å². The zero-order chi connectivity index (χ0) is 15.4. The molecule has 1 aromatic carbocycles. The number of amides is 1. The summed E-state index contributed by atoms with van der Waals surface area (Å²) in [6, 6.07) is 7.47. The second-order valence-corrected chi connectivity index (χ2v) is 7.07. The van der Waals surface area contributed by atoms with E-state index in [1.807, 2.05) is 12.1 Å². The van der Waals surface area contributed by atoms with Crippen LogP contribution in [-0.2, 0) is 11.2 Å². The van der Waals surface area contributed by atoms with Crippen LogP contribution < -0.4 is 0 Å². The number of nitrogens with zero attached hydrogens (tertiary/aromatic N) is 1. The smallest absolute Gasteiger partial charge is 0.222 e. The lowest BCUT2D eigenvalue weighted by Crippen LogP contribution is -2.30. The lowest BCUT2D eigenvalue weighted by Gasteiger charge is -2.24. The number of hydrogen-bond donors (Lipinski definition) is 1. The highest BCUT2D eigenvalue weighted by Crippen LogP contribution is 2.28. The molecular formula is C19H27NO2. The van der Waals surface area contributed by atoms with Crippen molar-refractivity contribution in [2.75, 3.05) is 13.1 Å². The molecular weight excluding hydrogens is 274 g/mol. The molecule has 3 rings (SSSR count). The number of rotatable bonds is 4. The van der Waals surface area contributed by atoms with Gasteiger partial charge in [-0.25, -0.2) is 0 Å². The Hall–Kier alpha value is -1.51. The Morgan fingerprint density at radius 1 is 1.05 bits per heavy atom. The summed E-state index contributed by atoms with van der Waals surface area (Å²) in [6.45, 7) is 1.83. The summed E-state index contributed by atoms with van der Waals surface area (Å²) < 4.78 is 0. The minimum absolute atomic E-state index is 0.319. The first-order chi connectivity index (χ1) is 10.7. The van der Waals surface area contributed by atoms with E-state index in [0.717, 1.165) is 32.4 Å². The quantitative estimate of drug-likeness (QED) is 0.920. The summed E-state index contributed by atoms with van der Waals surface area (Å²) in [4.78, 5) is 14.5. The molecule has 1 saturated heterocycles. The lowest BCUT2D eigenvalue weighted by molar-refractivity contribution is -0.131. The van der Waals surface area contributed by atoms with Gasteiger partial charge in [0.25, 0.3) is 0 Å². The van der Waals surface area contributed by atoms with Crippen LogP contribution in [0.2, 0.25) is 0 Å². The third kappa shape index (κ3) is 4.02. The lowest BCUT2D eigenvalue weighted by atomic mass is 9.87. The second kappa shape index (κ2) is 7.17. The highest BCUT2D eigenvalue weighted by Gasteiger charge is 2.28. The molecule has 2 fully saturated rings. The summed E-state index contributed by atoms with van der Waals surface area (Å²) >= 11 is 0. The number of carbonyl (C=O) groups is 1. The van der Waals surface area contributed by atoms with Gasteiger partial charge in [0.1, 0.15) is 5.75 Å². The Morgan fingerprint density at radius 3 is 2.50 bits per heavy atom. The molecule has 1 aromatic rings. The monoisotopic (exact) mass is 301 g/mol. The van der Waals surface area contributed by atoms with Crippen molar-refractivity contribution in [2.45, 2.75) is 51.4 Å². The molecule has 22 heavy (non-hydrogen) atoms.